The van der Waals surface area contributed by atoms with Crippen molar-refractivity contribution in [2.75, 3.05) is 6.54 Å². The van der Waals surface area contributed by atoms with Crippen molar-refractivity contribution in [1.29, 1.82) is 0 Å². The van der Waals surface area contributed by atoms with Gasteiger partial charge >= 0.3 is 0 Å². The van der Waals surface area contributed by atoms with Crippen molar-refractivity contribution < 1.29 is 14.3 Å². The Morgan fingerprint density at radius 3 is 2.69 bits per heavy atom. The summed E-state index contributed by atoms with van der Waals surface area (Å²) in [7, 11) is 0. The first kappa shape index (κ1) is 22.0. The van der Waals surface area contributed by atoms with Gasteiger partial charge in [0.1, 0.15) is 18.6 Å². The van der Waals surface area contributed by atoms with Crippen LogP contribution in [-0.2, 0) is 21.6 Å². The Labute approximate surface area is 189 Å². The maximum Gasteiger partial charge on any atom is 0.233 e. The lowest BCUT2D eigenvalue weighted by Crippen LogP contribution is -2.53. The molecule has 5 nitrogen and oxygen atoms in total. The average Bonchev–Trinajstić information content (AvgIpc) is 2.79. The third kappa shape index (κ3) is 4.24. The average molecular weight is 431 g/mol. The summed E-state index contributed by atoms with van der Waals surface area (Å²) in [6, 6.07) is 18.0. The molecule has 4 rings (SSSR count). The Kier molecular flexibility index (Phi) is 6.26. The number of hydrogen-bond acceptors (Lipinski definition) is 4. The number of amides is 1. The summed E-state index contributed by atoms with van der Waals surface area (Å²) in [5.74, 6) is 0.871. The molecule has 1 amide bonds. The summed E-state index contributed by atoms with van der Waals surface area (Å²) >= 11 is 0. The number of likely N-dealkylation sites (tertiary alicyclic amines) is 1. The molecule has 32 heavy (non-hydrogen) atoms. The number of carbonyl (C=O) groups excluding carboxylic acids is 2. The van der Waals surface area contributed by atoms with Gasteiger partial charge in [0.15, 0.2) is 0 Å². The van der Waals surface area contributed by atoms with Crippen LogP contribution < -0.4 is 4.74 Å². The molecule has 0 radical (unpaired) electrons. The second-order valence-electron chi connectivity index (χ2n) is 8.94. The smallest absolute Gasteiger partial charge is 0.233 e. The number of piperidine rings is 1. The Morgan fingerprint density at radius 2 is 1.94 bits per heavy atom. The molecular formula is C27H30N2O3. The van der Waals surface area contributed by atoms with Gasteiger partial charge in [-0.1, -0.05) is 30.3 Å². The van der Waals surface area contributed by atoms with Crippen molar-refractivity contribution in [3.8, 4) is 5.75 Å². The molecule has 2 unspecified atom stereocenters. The minimum Gasteiger partial charge on any atom is -0.489 e. The highest BCUT2D eigenvalue weighted by molar-refractivity contribution is 5.89. The quantitative estimate of drug-likeness (QED) is 0.496. The van der Waals surface area contributed by atoms with Crippen LogP contribution in [0.25, 0.3) is 10.9 Å². The van der Waals surface area contributed by atoms with Crippen molar-refractivity contribution in [1.82, 2.24) is 9.88 Å². The number of para-hydroxylation sites is 1. The minimum absolute atomic E-state index is 0.0686. The fourth-order valence-electron chi connectivity index (χ4n) is 4.68. The number of nitrogens with zero attached hydrogens (tertiary/aromatic N) is 2. The van der Waals surface area contributed by atoms with Gasteiger partial charge in [0.25, 0.3) is 0 Å². The van der Waals surface area contributed by atoms with Gasteiger partial charge in [-0.05, 0) is 63.4 Å². The fraction of sp³-hybridized carbons (Fsp3) is 0.370. The number of fused-ring (bicyclic) bond motifs is 1. The summed E-state index contributed by atoms with van der Waals surface area (Å²) in [6.07, 6.45) is 3.00. The van der Waals surface area contributed by atoms with E-state index in [2.05, 4.69) is 17.1 Å². The maximum atomic E-state index is 13.3. The van der Waals surface area contributed by atoms with E-state index in [1.54, 1.807) is 0 Å². The predicted octanol–water partition coefficient (Wildman–Crippen LogP) is 4.98. The van der Waals surface area contributed by atoms with E-state index in [9.17, 15) is 9.59 Å². The van der Waals surface area contributed by atoms with Crippen LogP contribution in [0.3, 0.4) is 0 Å². The van der Waals surface area contributed by atoms with Crippen molar-refractivity contribution >= 4 is 23.1 Å². The van der Waals surface area contributed by atoms with Crippen molar-refractivity contribution in [2.24, 2.45) is 0 Å². The molecule has 1 saturated heterocycles. The van der Waals surface area contributed by atoms with Crippen LogP contribution in [0, 0.1) is 6.92 Å². The number of hydrogen-bond donors (Lipinski definition) is 0. The Hall–Kier alpha value is -3.21. The van der Waals surface area contributed by atoms with Gasteiger partial charge in [-0.3, -0.25) is 9.78 Å². The predicted molar refractivity (Wildman–Crippen MR) is 126 cm³/mol. The third-order valence-corrected chi connectivity index (χ3v) is 6.59. The van der Waals surface area contributed by atoms with Gasteiger partial charge in [0, 0.05) is 35.7 Å². The Morgan fingerprint density at radius 1 is 1.19 bits per heavy atom. The molecular weight excluding hydrogens is 400 g/mol. The highest BCUT2D eigenvalue weighted by Gasteiger charge is 2.42. The molecule has 0 aliphatic carbocycles. The molecule has 0 spiro atoms. The Bertz CT molecular complexity index is 1130. The molecule has 0 N–H and O–H groups in total. The number of rotatable bonds is 7. The minimum atomic E-state index is -0.577. The first-order valence-corrected chi connectivity index (χ1v) is 11.3. The molecule has 0 saturated carbocycles. The van der Waals surface area contributed by atoms with E-state index in [4.69, 9.17) is 4.74 Å². The van der Waals surface area contributed by atoms with E-state index in [-0.39, 0.29) is 11.9 Å². The largest absolute Gasteiger partial charge is 0.489 e. The van der Waals surface area contributed by atoms with E-state index < -0.39 is 5.41 Å². The van der Waals surface area contributed by atoms with Crippen molar-refractivity contribution in [3.63, 3.8) is 0 Å². The summed E-state index contributed by atoms with van der Waals surface area (Å²) in [5.41, 5.74) is 3.45. The first-order valence-electron chi connectivity index (χ1n) is 11.3. The lowest BCUT2D eigenvalue weighted by molar-refractivity contribution is -0.142. The molecule has 2 heterocycles. The fourth-order valence-corrected chi connectivity index (χ4v) is 4.68. The van der Waals surface area contributed by atoms with Gasteiger partial charge in [-0.15, -0.1) is 0 Å². The van der Waals surface area contributed by atoms with Crippen LogP contribution in [0.2, 0.25) is 0 Å². The molecule has 1 aliphatic rings. The van der Waals surface area contributed by atoms with Gasteiger partial charge in [0.05, 0.1) is 10.9 Å². The van der Waals surface area contributed by atoms with Gasteiger partial charge in [0.2, 0.25) is 5.91 Å². The van der Waals surface area contributed by atoms with E-state index in [0.717, 1.165) is 52.6 Å². The standard InChI is InChI=1S/C27H30N2O3/c1-19-17-21(24-7-4-5-8-25(24)28-19)18-32-23-11-9-22(10-12-23)27(3)14-6-15-29(26(27)31)20(2)13-16-30/h4-5,7-12,16-17,20H,6,13-15,18H2,1-3H3. The number of ether oxygens (including phenoxy) is 1. The number of benzene rings is 2. The maximum absolute atomic E-state index is 13.3. The van der Waals surface area contributed by atoms with Crippen LogP contribution in [-0.4, -0.2) is 34.7 Å². The molecule has 1 aliphatic heterocycles. The van der Waals surface area contributed by atoms with Gasteiger partial charge < -0.3 is 14.4 Å². The second-order valence-corrected chi connectivity index (χ2v) is 8.94. The van der Waals surface area contributed by atoms with Crippen LogP contribution in [0.1, 0.15) is 49.9 Å². The summed E-state index contributed by atoms with van der Waals surface area (Å²) in [4.78, 5) is 30.7. The Balaban J connectivity index is 1.50. The second kappa shape index (κ2) is 9.11. The van der Waals surface area contributed by atoms with E-state index in [1.807, 2.05) is 68.1 Å². The monoisotopic (exact) mass is 430 g/mol. The first-order chi connectivity index (χ1) is 15.4. The number of pyridine rings is 1. The van der Waals surface area contributed by atoms with Crippen molar-refractivity contribution in [2.45, 2.75) is 58.1 Å². The molecule has 3 aromatic rings. The SMILES string of the molecule is Cc1cc(COc2ccc(C3(C)CCCN(C(C)CC=O)C3=O)cc2)c2ccccc2n1. The molecule has 1 fully saturated rings. The molecule has 2 aromatic carbocycles. The normalized spacial score (nSPS) is 19.7. The highest BCUT2D eigenvalue weighted by Crippen LogP contribution is 2.36. The van der Waals surface area contributed by atoms with Gasteiger partial charge in [-0.25, -0.2) is 0 Å². The lowest BCUT2D eigenvalue weighted by atomic mass is 9.74. The van der Waals surface area contributed by atoms with E-state index >= 15 is 0 Å². The van der Waals surface area contributed by atoms with Crippen LogP contribution in [0.5, 0.6) is 5.75 Å². The summed E-state index contributed by atoms with van der Waals surface area (Å²) < 4.78 is 6.09. The molecule has 2 atom stereocenters. The lowest BCUT2D eigenvalue weighted by Gasteiger charge is -2.42. The number of carbonyl (C=O) groups is 2. The van der Waals surface area contributed by atoms with Crippen molar-refractivity contribution in [3.05, 3.63) is 71.4 Å². The van der Waals surface area contributed by atoms with E-state index in [1.165, 1.54) is 0 Å². The number of aldehydes is 1. The number of aromatic nitrogens is 1. The van der Waals surface area contributed by atoms with E-state index in [0.29, 0.717) is 19.6 Å². The third-order valence-electron chi connectivity index (χ3n) is 6.59. The zero-order valence-corrected chi connectivity index (χ0v) is 19.0. The molecule has 0 bridgehead atoms. The van der Waals surface area contributed by atoms with Gasteiger partial charge in [-0.2, -0.15) is 0 Å². The van der Waals surface area contributed by atoms with Crippen LogP contribution >= 0.6 is 0 Å². The zero-order valence-electron chi connectivity index (χ0n) is 19.0. The topological polar surface area (TPSA) is 59.5 Å². The molecule has 1 aromatic heterocycles. The molecule has 5 heteroatoms. The summed E-state index contributed by atoms with van der Waals surface area (Å²) in [5, 5.41) is 1.10. The van der Waals surface area contributed by atoms with Crippen LogP contribution in [0.15, 0.2) is 54.6 Å². The number of aryl methyl sites for hydroxylation is 1. The zero-order chi connectivity index (χ0) is 22.7. The highest BCUT2D eigenvalue weighted by atomic mass is 16.5. The molecule has 166 valence electrons. The summed E-state index contributed by atoms with van der Waals surface area (Å²) in [6.45, 7) is 7.11. The van der Waals surface area contributed by atoms with Crippen LogP contribution in [0.4, 0.5) is 0 Å².